The van der Waals surface area contributed by atoms with Crippen LogP contribution in [0, 0.1) is 0 Å². The van der Waals surface area contributed by atoms with Gasteiger partial charge in [-0.3, -0.25) is 9.59 Å². The van der Waals surface area contributed by atoms with Crippen molar-refractivity contribution in [1.82, 2.24) is 19.6 Å². The summed E-state index contributed by atoms with van der Waals surface area (Å²) >= 11 is 4.12. The van der Waals surface area contributed by atoms with Crippen molar-refractivity contribution in [3.05, 3.63) is 63.7 Å². The lowest BCUT2D eigenvalue weighted by molar-refractivity contribution is 0.100. The number of thiophene rings is 1. The van der Waals surface area contributed by atoms with Crippen molar-refractivity contribution < 1.29 is 22.8 Å². The highest BCUT2D eigenvalue weighted by Crippen LogP contribution is 2.42. The Hall–Kier alpha value is -3.71. The highest BCUT2D eigenvalue weighted by Gasteiger charge is 2.27. The van der Waals surface area contributed by atoms with Gasteiger partial charge in [0.05, 0.1) is 16.4 Å². The molecule has 9 nitrogen and oxygen atoms in total. The number of aromatic nitrogens is 4. The van der Waals surface area contributed by atoms with Crippen molar-refractivity contribution in [3.63, 3.8) is 0 Å². The molecular formula is C20H11BrF2N6O3S. The molecule has 5 aromatic heterocycles. The monoisotopic (exact) mass is 532 g/mol. The van der Waals surface area contributed by atoms with Crippen LogP contribution in [0.2, 0.25) is 0 Å². The number of alkyl halides is 2. The summed E-state index contributed by atoms with van der Waals surface area (Å²) in [7, 11) is 0. The van der Waals surface area contributed by atoms with Crippen molar-refractivity contribution in [2.45, 2.75) is 6.43 Å². The first kappa shape index (κ1) is 21.2. The highest BCUT2D eigenvalue weighted by molar-refractivity contribution is 9.10. The maximum absolute atomic E-state index is 13.5. The molecule has 0 saturated heterocycles. The quantitative estimate of drug-likeness (QED) is 0.339. The average molecular weight is 533 g/mol. The van der Waals surface area contributed by atoms with Gasteiger partial charge in [-0.2, -0.15) is 5.10 Å². The van der Waals surface area contributed by atoms with E-state index in [1.54, 1.807) is 30.6 Å². The van der Waals surface area contributed by atoms with E-state index in [0.717, 1.165) is 17.4 Å². The van der Waals surface area contributed by atoms with Gasteiger partial charge in [0.2, 0.25) is 0 Å². The normalized spacial score (nSPS) is 11.5. The molecule has 0 spiro atoms. The van der Waals surface area contributed by atoms with E-state index in [2.05, 4.69) is 36.3 Å². The number of hydrogen-bond acceptors (Lipinski definition) is 7. The number of carbonyl (C=O) groups is 2. The Balaban J connectivity index is 1.71. The third-order valence-electron chi connectivity index (χ3n) is 4.71. The van der Waals surface area contributed by atoms with Gasteiger partial charge in [0.1, 0.15) is 21.2 Å². The fraction of sp³-hybridized carbons (Fsp3) is 0.0500. The molecule has 0 radical (unpaired) electrons. The minimum absolute atomic E-state index is 0.000166. The van der Waals surface area contributed by atoms with Crippen LogP contribution in [-0.4, -0.2) is 31.4 Å². The number of fused-ring (bicyclic) bond motifs is 2. The number of amides is 2. The Labute approximate surface area is 195 Å². The number of anilines is 1. The number of hydrogen-bond donors (Lipinski definition) is 2. The first-order chi connectivity index (χ1) is 15.8. The number of nitrogens with one attached hydrogen (secondary N) is 1. The molecule has 5 rings (SSSR count). The Morgan fingerprint density at radius 1 is 1.30 bits per heavy atom. The molecule has 0 aliphatic carbocycles. The molecule has 0 unspecified atom stereocenters. The van der Waals surface area contributed by atoms with Crippen molar-refractivity contribution in [2.75, 3.05) is 5.32 Å². The lowest BCUT2D eigenvalue weighted by atomic mass is 10.1. The van der Waals surface area contributed by atoms with Gasteiger partial charge >= 0.3 is 0 Å². The molecule has 166 valence electrons. The third-order valence-corrected chi connectivity index (χ3v) is 6.54. The van der Waals surface area contributed by atoms with E-state index in [4.69, 9.17) is 10.2 Å². The Morgan fingerprint density at radius 3 is 2.79 bits per heavy atom. The summed E-state index contributed by atoms with van der Waals surface area (Å²) in [5.41, 5.74) is 5.70. The fourth-order valence-electron chi connectivity index (χ4n) is 3.32. The van der Waals surface area contributed by atoms with Gasteiger partial charge in [0.15, 0.2) is 11.3 Å². The van der Waals surface area contributed by atoms with Crippen LogP contribution in [0.4, 0.5) is 14.5 Å². The number of rotatable bonds is 5. The molecule has 2 amide bonds. The molecule has 0 bridgehead atoms. The van der Waals surface area contributed by atoms with Crippen LogP contribution in [-0.2, 0) is 0 Å². The maximum atomic E-state index is 13.5. The molecular weight excluding hydrogens is 522 g/mol. The standard InChI is InChI=1S/C20H11BrF2N6O3S/c21-12-14(28-29-5-2-4-25-18(12)29)19(31)27-13-11-8(10-3-1-6-32-10)7-9(16(22)23)26-20(11)33-15(13)17(24)30/h1-7,16H,(H2,24,30)(H,27,31). The van der Waals surface area contributed by atoms with Gasteiger partial charge in [0, 0.05) is 23.3 Å². The van der Waals surface area contributed by atoms with Crippen LogP contribution < -0.4 is 11.1 Å². The number of nitrogens with two attached hydrogens (primary N) is 1. The van der Waals surface area contributed by atoms with Crippen LogP contribution in [0.15, 0.2) is 51.8 Å². The average Bonchev–Trinajstić information content (AvgIpc) is 3.52. The molecule has 0 aliphatic rings. The van der Waals surface area contributed by atoms with E-state index in [0.29, 0.717) is 10.1 Å². The predicted octanol–water partition coefficient (Wildman–Crippen LogP) is 4.65. The van der Waals surface area contributed by atoms with E-state index < -0.39 is 23.9 Å². The van der Waals surface area contributed by atoms with Crippen LogP contribution in [0.1, 0.15) is 32.3 Å². The first-order valence-electron chi connectivity index (χ1n) is 9.24. The van der Waals surface area contributed by atoms with Crippen molar-refractivity contribution in [2.24, 2.45) is 5.73 Å². The minimum Gasteiger partial charge on any atom is -0.464 e. The summed E-state index contributed by atoms with van der Waals surface area (Å²) in [6.07, 6.45) is 1.68. The number of carbonyl (C=O) groups excluding carboxylic acids is 2. The van der Waals surface area contributed by atoms with Gasteiger partial charge in [-0.25, -0.2) is 23.3 Å². The molecule has 5 aromatic rings. The van der Waals surface area contributed by atoms with Gasteiger partial charge in [-0.15, -0.1) is 11.3 Å². The molecule has 33 heavy (non-hydrogen) atoms. The maximum Gasteiger partial charge on any atom is 0.280 e. The summed E-state index contributed by atoms with van der Waals surface area (Å²) in [6.45, 7) is 0. The Bertz CT molecular complexity index is 1550. The number of halogens is 3. The number of pyridine rings is 1. The molecule has 0 aromatic carbocycles. The van der Waals surface area contributed by atoms with Gasteiger partial charge < -0.3 is 15.5 Å². The summed E-state index contributed by atoms with van der Waals surface area (Å²) in [6, 6.07) is 5.96. The Morgan fingerprint density at radius 2 is 2.12 bits per heavy atom. The highest BCUT2D eigenvalue weighted by atomic mass is 79.9. The molecule has 0 saturated carbocycles. The van der Waals surface area contributed by atoms with Crippen LogP contribution in [0.5, 0.6) is 0 Å². The van der Waals surface area contributed by atoms with E-state index in [1.165, 1.54) is 10.8 Å². The summed E-state index contributed by atoms with van der Waals surface area (Å²) in [5.74, 6) is -1.27. The second-order valence-corrected chi connectivity index (χ2v) is 8.52. The molecule has 0 fully saturated rings. The van der Waals surface area contributed by atoms with E-state index in [1.807, 2.05) is 0 Å². The molecule has 5 heterocycles. The fourth-order valence-corrected chi connectivity index (χ4v) is 4.88. The summed E-state index contributed by atoms with van der Waals surface area (Å²) in [4.78, 5) is 33.5. The summed E-state index contributed by atoms with van der Waals surface area (Å²) < 4.78 is 34.1. The van der Waals surface area contributed by atoms with Crippen molar-refractivity contribution in [3.8, 4) is 11.3 Å². The predicted molar refractivity (Wildman–Crippen MR) is 119 cm³/mol. The topological polar surface area (TPSA) is 128 Å². The molecule has 0 aliphatic heterocycles. The molecule has 0 atom stereocenters. The number of nitrogens with zero attached hydrogens (tertiary/aromatic N) is 4. The largest absolute Gasteiger partial charge is 0.464 e. The minimum atomic E-state index is -2.86. The second-order valence-electron chi connectivity index (χ2n) is 6.73. The van der Waals surface area contributed by atoms with Gasteiger partial charge in [-0.1, -0.05) is 0 Å². The Kier molecular flexibility index (Phi) is 5.13. The van der Waals surface area contributed by atoms with Gasteiger partial charge in [-0.05, 0) is 40.2 Å². The van der Waals surface area contributed by atoms with Crippen molar-refractivity contribution in [1.29, 1.82) is 0 Å². The zero-order valence-electron chi connectivity index (χ0n) is 16.3. The van der Waals surface area contributed by atoms with Gasteiger partial charge in [0.25, 0.3) is 18.2 Å². The van der Waals surface area contributed by atoms with E-state index in [-0.39, 0.29) is 37.8 Å². The number of furan rings is 1. The lowest BCUT2D eigenvalue weighted by Gasteiger charge is -2.09. The molecule has 13 heteroatoms. The lowest BCUT2D eigenvalue weighted by Crippen LogP contribution is -2.17. The van der Waals surface area contributed by atoms with E-state index >= 15 is 0 Å². The van der Waals surface area contributed by atoms with Crippen LogP contribution in [0.25, 0.3) is 27.2 Å². The van der Waals surface area contributed by atoms with E-state index in [9.17, 15) is 18.4 Å². The molecule has 3 N–H and O–H groups in total. The second kappa shape index (κ2) is 8.01. The smallest absolute Gasteiger partial charge is 0.280 e. The third kappa shape index (κ3) is 3.54. The first-order valence-corrected chi connectivity index (χ1v) is 10.9. The van der Waals surface area contributed by atoms with Crippen LogP contribution in [0.3, 0.4) is 0 Å². The summed E-state index contributed by atoms with van der Waals surface area (Å²) in [5, 5.41) is 7.11. The van der Waals surface area contributed by atoms with Crippen molar-refractivity contribution >= 4 is 60.6 Å². The van der Waals surface area contributed by atoms with Crippen LogP contribution >= 0.6 is 27.3 Å². The SMILES string of the molecule is NC(=O)c1sc2nc(C(F)F)cc(-c3ccco3)c2c1NC(=O)c1nn2cccnc2c1Br. The zero-order valence-corrected chi connectivity index (χ0v) is 18.7. The number of primary amides is 1. The zero-order chi connectivity index (χ0) is 23.3.